The number of benzene rings is 1. The van der Waals surface area contributed by atoms with Crippen LogP contribution in [-0.2, 0) is 0 Å². The molecule has 0 fully saturated rings. The van der Waals surface area contributed by atoms with Crippen molar-refractivity contribution in [2.24, 2.45) is 0 Å². The van der Waals surface area contributed by atoms with Gasteiger partial charge >= 0.3 is 0 Å². The lowest BCUT2D eigenvalue weighted by Gasteiger charge is -2.20. The van der Waals surface area contributed by atoms with E-state index in [1.165, 1.54) is 0 Å². The van der Waals surface area contributed by atoms with Gasteiger partial charge in [-0.25, -0.2) is 0 Å². The molecule has 1 aromatic carbocycles. The molecule has 2 aromatic rings. The van der Waals surface area contributed by atoms with E-state index >= 15 is 0 Å². The zero-order valence-electron chi connectivity index (χ0n) is 11.7. The second kappa shape index (κ2) is 5.53. The smallest absolute Gasteiger partial charge is 0.249 e. The van der Waals surface area contributed by atoms with E-state index in [1.54, 1.807) is 30.5 Å². The Morgan fingerprint density at radius 2 is 1.85 bits per heavy atom. The topological polar surface area (TPSA) is 86.5 Å². The normalized spacial score (nSPS) is 10.7. The zero-order valence-corrected chi connectivity index (χ0v) is 11.7. The summed E-state index contributed by atoms with van der Waals surface area (Å²) in [7, 11) is 0. The van der Waals surface area contributed by atoms with E-state index < -0.39 is 0 Å². The first kappa shape index (κ1) is 13.7. The van der Waals surface area contributed by atoms with Crippen molar-refractivity contribution in [3.8, 4) is 6.07 Å². The van der Waals surface area contributed by atoms with E-state index in [-0.39, 0.29) is 5.54 Å². The summed E-state index contributed by atoms with van der Waals surface area (Å²) >= 11 is 0. The van der Waals surface area contributed by atoms with E-state index in [0.29, 0.717) is 17.3 Å². The van der Waals surface area contributed by atoms with Crippen LogP contribution in [0.2, 0.25) is 0 Å². The van der Waals surface area contributed by atoms with Crippen molar-refractivity contribution in [3.63, 3.8) is 0 Å². The fourth-order valence-electron chi connectivity index (χ4n) is 1.56. The highest BCUT2D eigenvalue weighted by Crippen LogP contribution is 2.16. The molecule has 1 aromatic heterocycles. The lowest BCUT2D eigenvalue weighted by atomic mass is 10.1. The predicted molar refractivity (Wildman–Crippen MR) is 77.6 cm³/mol. The molecule has 0 aliphatic carbocycles. The molecule has 0 radical (unpaired) electrons. The van der Waals surface area contributed by atoms with Gasteiger partial charge < -0.3 is 10.6 Å². The Morgan fingerprint density at radius 3 is 2.45 bits per heavy atom. The summed E-state index contributed by atoms with van der Waals surface area (Å²) in [5.74, 6) is 1.06. The molecule has 0 spiro atoms. The average molecular weight is 268 g/mol. The highest BCUT2D eigenvalue weighted by Gasteiger charge is 2.11. The highest BCUT2D eigenvalue weighted by atomic mass is 15.3. The standard InChI is InChI=1S/C14H16N6/c1-14(2,3)19-12-9-16-20-13(18-12)17-11-6-4-10(8-15)5-7-11/h4-7,9H,1-3H3,(H2,17,18,19,20). The Hall–Kier alpha value is -2.68. The van der Waals surface area contributed by atoms with Gasteiger partial charge in [0.25, 0.3) is 0 Å². The number of hydrogen-bond acceptors (Lipinski definition) is 6. The Bertz CT molecular complexity index is 621. The first-order valence-corrected chi connectivity index (χ1v) is 6.21. The van der Waals surface area contributed by atoms with Crippen molar-refractivity contribution in [2.75, 3.05) is 10.6 Å². The number of nitrogens with one attached hydrogen (secondary N) is 2. The summed E-state index contributed by atoms with van der Waals surface area (Å²) in [6.45, 7) is 6.13. The SMILES string of the molecule is CC(C)(C)Nc1cnnc(Nc2ccc(C#N)cc2)n1. The van der Waals surface area contributed by atoms with Crippen LogP contribution >= 0.6 is 0 Å². The number of hydrogen-bond donors (Lipinski definition) is 2. The molecule has 0 unspecified atom stereocenters. The molecule has 0 aliphatic rings. The Morgan fingerprint density at radius 1 is 1.15 bits per heavy atom. The molecule has 6 heteroatoms. The van der Waals surface area contributed by atoms with Gasteiger partial charge in [0, 0.05) is 11.2 Å². The lowest BCUT2D eigenvalue weighted by Crippen LogP contribution is -2.27. The van der Waals surface area contributed by atoms with Crippen molar-refractivity contribution in [3.05, 3.63) is 36.0 Å². The first-order chi connectivity index (χ1) is 9.46. The molecule has 6 nitrogen and oxygen atoms in total. The van der Waals surface area contributed by atoms with Gasteiger partial charge in [0.1, 0.15) is 0 Å². The molecule has 1 heterocycles. The molecule has 102 valence electrons. The fourth-order valence-corrected chi connectivity index (χ4v) is 1.56. The zero-order chi connectivity index (χ0) is 14.6. The monoisotopic (exact) mass is 268 g/mol. The Kier molecular flexibility index (Phi) is 3.80. The Labute approximate surface area is 117 Å². The molecule has 0 saturated heterocycles. The van der Waals surface area contributed by atoms with Crippen LogP contribution in [0.5, 0.6) is 0 Å². The molecule has 0 saturated carbocycles. The summed E-state index contributed by atoms with van der Waals surface area (Å²) in [6.07, 6.45) is 1.58. The number of rotatable bonds is 3. The highest BCUT2D eigenvalue weighted by molar-refractivity contribution is 5.55. The van der Waals surface area contributed by atoms with Crippen LogP contribution in [0.25, 0.3) is 0 Å². The maximum atomic E-state index is 8.75. The second-order valence-corrected chi connectivity index (χ2v) is 5.35. The van der Waals surface area contributed by atoms with Crippen LogP contribution in [0.3, 0.4) is 0 Å². The van der Waals surface area contributed by atoms with Gasteiger partial charge in [0.2, 0.25) is 5.95 Å². The third kappa shape index (κ3) is 3.92. The molecule has 0 bridgehead atoms. The van der Waals surface area contributed by atoms with Crippen molar-refractivity contribution >= 4 is 17.5 Å². The predicted octanol–water partition coefficient (Wildman–Crippen LogP) is 2.70. The van der Waals surface area contributed by atoms with Crippen molar-refractivity contribution in [2.45, 2.75) is 26.3 Å². The maximum Gasteiger partial charge on any atom is 0.249 e. The minimum atomic E-state index is -0.0955. The van der Waals surface area contributed by atoms with Crippen LogP contribution < -0.4 is 10.6 Å². The second-order valence-electron chi connectivity index (χ2n) is 5.35. The minimum absolute atomic E-state index is 0.0955. The van der Waals surface area contributed by atoms with Gasteiger partial charge in [-0.1, -0.05) is 0 Å². The van der Waals surface area contributed by atoms with Gasteiger partial charge in [-0.2, -0.15) is 15.3 Å². The van der Waals surface area contributed by atoms with Crippen molar-refractivity contribution < 1.29 is 0 Å². The van der Waals surface area contributed by atoms with Crippen LogP contribution in [0.4, 0.5) is 17.5 Å². The molecule has 0 atom stereocenters. The summed E-state index contributed by atoms with van der Waals surface area (Å²) < 4.78 is 0. The molecular weight excluding hydrogens is 252 g/mol. The molecule has 0 amide bonds. The van der Waals surface area contributed by atoms with Crippen LogP contribution in [0.1, 0.15) is 26.3 Å². The van der Waals surface area contributed by atoms with E-state index in [9.17, 15) is 0 Å². The van der Waals surface area contributed by atoms with E-state index in [0.717, 1.165) is 5.69 Å². The molecule has 2 rings (SSSR count). The Balaban J connectivity index is 2.13. The number of anilines is 3. The molecule has 0 aliphatic heterocycles. The van der Waals surface area contributed by atoms with E-state index in [2.05, 4.69) is 31.9 Å². The maximum absolute atomic E-state index is 8.75. The van der Waals surface area contributed by atoms with Crippen LogP contribution in [0, 0.1) is 11.3 Å². The quantitative estimate of drug-likeness (QED) is 0.890. The van der Waals surface area contributed by atoms with E-state index in [1.807, 2.05) is 20.8 Å². The van der Waals surface area contributed by atoms with Gasteiger partial charge in [-0.15, -0.1) is 5.10 Å². The van der Waals surface area contributed by atoms with Crippen LogP contribution in [-0.4, -0.2) is 20.7 Å². The van der Waals surface area contributed by atoms with Gasteiger partial charge in [0.05, 0.1) is 17.8 Å². The van der Waals surface area contributed by atoms with Crippen molar-refractivity contribution in [1.29, 1.82) is 5.26 Å². The summed E-state index contributed by atoms with van der Waals surface area (Å²) in [5, 5.41) is 22.9. The van der Waals surface area contributed by atoms with Crippen molar-refractivity contribution in [1.82, 2.24) is 15.2 Å². The third-order valence-corrected chi connectivity index (χ3v) is 2.33. The molecule has 2 N–H and O–H groups in total. The minimum Gasteiger partial charge on any atom is -0.364 e. The van der Waals surface area contributed by atoms with Gasteiger partial charge in [-0.3, -0.25) is 0 Å². The van der Waals surface area contributed by atoms with Gasteiger partial charge in [-0.05, 0) is 45.0 Å². The van der Waals surface area contributed by atoms with Crippen LogP contribution in [0.15, 0.2) is 30.5 Å². The first-order valence-electron chi connectivity index (χ1n) is 6.21. The summed E-state index contributed by atoms with van der Waals surface area (Å²) in [4.78, 5) is 4.34. The molecule has 20 heavy (non-hydrogen) atoms. The fraction of sp³-hybridized carbons (Fsp3) is 0.286. The largest absolute Gasteiger partial charge is 0.364 e. The third-order valence-electron chi connectivity index (χ3n) is 2.33. The average Bonchev–Trinajstić information content (AvgIpc) is 2.38. The lowest BCUT2D eigenvalue weighted by molar-refractivity contribution is 0.629. The number of nitriles is 1. The number of nitrogens with zero attached hydrogens (tertiary/aromatic N) is 4. The molecular formula is C14H16N6. The van der Waals surface area contributed by atoms with Gasteiger partial charge in [0.15, 0.2) is 5.82 Å². The number of aromatic nitrogens is 3. The summed E-state index contributed by atoms with van der Waals surface area (Å²) in [6, 6.07) is 9.12. The van der Waals surface area contributed by atoms with E-state index in [4.69, 9.17) is 5.26 Å². The summed E-state index contributed by atoms with van der Waals surface area (Å²) in [5.41, 5.74) is 1.32.